The molecule has 1 aromatic carbocycles. The summed E-state index contributed by atoms with van der Waals surface area (Å²) in [6.45, 7) is 6.56. The van der Waals surface area contributed by atoms with Crippen molar-refractivity contribution in [1.82, 2.24) is 20.3 Å². The molecule has 0 radical (unpaired) electrons. The third-order valence-electron chi connectivity index (χ3n) is 3.34. The predicted molar refractivity (Wildman–Crippen MR) is 78.3 cm³/mol. The molecular weight excluding hydrogens is 252 g/mol. The molecule has 0 spiro atoms. The number of hydrogen-bond acceptors (Lipinski definition) is 4. The molecule has 20 heavy (non-hydrogen) atoms. The molecule has 0 atom stereocenters. The van der Waals surface area contributed by atoms with Gasteiger partial charge in [-0.2, -0.15) is 0 Å². The lowest BCUT2D eigenvalue weighted by Gasteiger charge is -2.25. The lowest BCUT2D eigenvalue weighted by Crippen LogP contribution is -2.32. The van der Waals surface area contributed by atoms with Gasteiger partial charge in [0.05, 0.1) is 18.8 Å². The van der Waals surface area contributed by atoms with Crippen molar-refractivity contribution >= 4 is 0 Å². The monoisotopic (exact) mass is 274 g/mol. The van der Waals surface area contributed by atoms with Crippen molar-refractivity contribution in [3.63, 3.8) is 0 Å². The molecule has 5 heteroatoms. The molecule has 0 bridgehead atoms. The number of aliphatic hydroxyl groups is 1. The molecule has 0 aliphatic heterocycles. The van der Waals surface area contributed by atoms with Crippen LogP contribution in [0.1, 0.15) is 25.1 Å². The molecule has 0 aliphatic rings. The van der Waals surface area contributed by atoms with Crippen molar-refractivity contribution in [2.75, 3.05) is 13.2 Å². The van der Waals surface area contributed by atoms with E-state index in [9.17, 15) is 0 Å². The fourth-order valence-electron chi connectivity index (χ4n) is 2.13. The number of aromatic nitrogens is 3. The Kier molecular flexibility index (Phi) is 4.87. The molecule has 2 aromatic rings. The van der Waals surface area contributed by atoms with Crippen LogP contribution >= 0.6 is 0 Å². The standard InChI is InChI=1S/C15H22N4O/c1-15(2,13-6-4-3-5-7-13)12-16-10-14-11-19(8-9-20)18-17-14/h3-7,11,16,20H,8-10,12H2,1-2H3. The fourth-order valence-corrected chi connectivity index (χ4v) is 2.13. The molecule has 5 nitrogen and oxygen atoms in total. The van der Waals surface area contributed by atoms with Gasteiger partial charge < -0.3 is 10.4 Å². The summed E-state index contributed by atoms with van der Waals surface area (Å²) in [4.78, 5) is 0. The zero-order chi connectivity index (χ0) is 14.4. The quantitative estimate of drug-likeness (QED) is 0.800. The van der Waals surface area contributed by atoms with E-state index < -0.39 is 0 Å². The Bertz CT molecular complexity index is 522. The number of hydrogen-bond donors (Lipinski definition) is 2. The van der Waals surface area contributed by atoms with Crippen LogP contribution in [0.4, 0.5) is 0 Å². The van der Waals surface area contributed by atoms with E-state index in [4.69, 9.17) is 5.11 Å². The molecule has 0 unspecified atom stereocenters. The Hall–Kier alpha value is -1.72. The SMILES string of the molecule is CC(C)(CNCc1cn(CCO)nn1)c1ccccc1. The summed E-state index contributed by atoms with van der Waals surface area (Å²) in [5.41, 5.74) is 2.28. The van der Waals surface area contributed by atoms with E-state index >= 15 is 0 Å². The molecule has 0 saturated heterocycles. The molecule has 108 valence electrons. The maximum atomic E-state index is 8.83. The van der Waals surface area contributed by atoms with Gasteiger partial charge in [-0.05, 0) is 5.56 Å². The summed E-state index contributed by atoms with van der Waals surface area (Å²) in [5, 5.41) is 20.3. The van der Waals surface area contributed by atoms with Crippen LogP contribution in [0.3, 0.4) is 0 Å². The van der Waals surface area contributed by atoms with Crippen LogP contribution in [0.25, 0.3) is 0 Å². The van der Waals surface area contributed by atoms with Crippen LogP contribution in [-0.4, -0.2) is 33.3 Å². The van der Waals surface area contributed by atoms with Gasteiger partial charge in [-0.15, -0.1) is 5.10 Å². The summed E-state index contributed by atoms with van der Waals surface area (Å²) < 4.78 is 1.65. The number of benzene rings is 1. The van der Waals surface area contributed by atoms with Crippen LogP contribution in [0.15, 0.2) is 36.5 Å². The van der Waals surface area contributed by atoms with E-state index in [1.807, 2.05) is 12.3 Å². The maximum Gasteiger partial charge on any atom is 0.0964 e. The van der Waals surface area contributed by atoms with Gasteiger partial charge in [0.15, 0.2) is 0 Å². The number of nitrogens with zero attached hydrogens (tertiary/aromatic N) is 3. The van der Waals surface area contributed by atoms with Gasteiger partial charge in [-0.25, -0.2) is 4.68 Å². The summed E-state index contributed by atoms with van der Waals surface area (Å²) in [6.07, 6.45) is 1.86. The predicted octanol–water partition coefficient (Wildman–Crippen LogP) is 1.34. The van der Waals surface area contributed by atoms with Crippen LogP contribution in [0, 0.1) is 0 Å². The lowest BCUT2D eigenvalue weighted by molar-refractivity contribution is 0.268. The second kappa shape index (κ2) is 6.63. The molecule has 2 N–H and O–H groups in total. The normalized spacial score (nSPS) is 11.8. The zero-order valence-corrected chi connectivity index (χ0v) is 12.1. The first-order valence-corrected chi connectivity index (χ1v) is 6.88. The number of aliphatic hydroxyl groups excluding tert-OH is 1. The highest BCUT2D eigenvalue weighted by Crippen LogP contribution is 2.21. The largest absolute Gasteiger partial charge is 0.394 e. The third-order valence-corrected chi connectivity index (χ3v) is 3.34. The molecule has 1 heterocycles. The van der Waals surface area contributed by atoms with Crippen molar-refractivity contribution in [2.45, 2.75) is 32.4 Å². The summed E-state index contributed by atoms with van der Waals surface area (Å²) in [6, 6.07) is 10.5. The van der Waals surface area contributed by atoms with E-state index in [0.29, 0.717) is 13.1 Å². The zero-order valence-electron chi connectivity index (χ0n) is 12.1. The summed E-state index contributed by atoms with van der Waals surface area (Å²) in [7, 11) is 0. The van der Waals surface area contributed by atoms with Crippen molar-refractivity contribution < 1.29 is 5.11 Å². The first-order chi connectivity index (χ1) is 9.62. The van der Waals surface area contributed by atoms with Crippen LogP contribution in [0.5, 0.6) is 0 Å². The Morgan fingerprint density at radius 2 is 2.00 bits per heavy atom. The molecular formula is C15H22N4O. The summed E-state index contributed by atoms with van der Waals surface area (Å²) >= 11 is 0. The molecule has 0 amide bonds. The van der Waals surface area contributed by atoms with Crippen LogP contribution < -0.4 is 5.32 Å². The average molecular weight is 274 g/mol. The van der Waals surface area contributed by atoms with Crippen LogP contribution in [-0.2, 0) is 18.5 Å². The summed E-state index contributed by atoms with van der Waals surface area (Å²) in [5.74, 6) is 0. The molecule has 0 aliphatic carbocycles. The Morgan fingerprint density at radius 3 is 2.70 bits per heavy atom. The average Bonchev–Trinajstić information content (AvgIpc) is 2.88. The van der Waals surface area contributed by atoms with Crippen molar-refractivity contribution in [3.05, 3.63) is 47.8 Å². The van der Waals surface area contributed by atoms with Gasteiger partial charge in [0.25, 0.3) is 0 Å². The van der Waals surface area contributed by atoms with E-state index in [-0.39, 0.29) is 12.0 Å². The van der Waals surface area contributed by atoms with Crippen molar-refractivity contribution in [1.29, 1.82) is 0 Å². The minimum Gasteiger partial charge on any atom is -0.394 e. The maximum absolute atomic E-state index is 8.83. The van der Waals surface area contributed by atoms with Gasteiger partial charge in [-0.1, -0.05) is 49.4 Å². The topological polar surface area (TPSA) is 63.0 Å². The third kappa shape index (κ3) is 3.88. The highest BCUT2D eigenvalue weighted by atomic mass is 16.3. The van der Waals surface area contributed by atoms with E-state index in [1.165, 1.54) is 5.56 Å². The van der Waals surface area contributed by atoms with Crippen molar-refractivity contribution in [3.8, 4) is 0 Å². The first-order valence-electron chi connectivity index (χ1n) is 6.88. The Labute approximate surface area is 119 Å². The second-order valence-corrected chi connectivity index (χ2v) is 5.55. The van der Waals surface area contributed by atoms with Gasteiger partial charge in [-0.3, -0.25) is 0 Å². The Morgan fingerprint density at radius 1 is 1.25 bits per heavy atom. The minimum absolute atomic E-state index is 0.0718. The van der Waals surface area contributed by atoms with E-state index in [0.717, 1.165) is 12.2 Å². The highest BCUT2D eigenvalue weighted by Gasteiger charge is 2.19. The molecule has 0 saturated carbocycles. The minimum atomic E-state index is 0.0718. The second-order valence-electron chi connectivity index (χ2n) is 5.55. The highest BCUT2D eigenvalue weighted by molar-refractivity contribution is 5.23. The fraction of sp³-hybridized carbons (Fsp3) is 0.467. The van der Waals surface area contributed by atoms with Gasteiger partial charge in [0.2, 0.25) is 0 Å². The van der Waals surface area contributed by atoms with Crippen molar-refractivity contribution in [2.24, 2.45) is 0 Å². The van der Waals surface area contributed by atoms with Gasteiger partial charge in [0, 0.05) is 24.7 Å². The molecule has 1 aromatic heterocycles. The van der Waals surface area contributed by atoms with E-state index in [2.05, 4.69) is 53.7 Å². The number of nitrogens with one attached hydrogen (secondary N) is 1. The van der Waals surface area contributed by atoms with Gasteiger partial charge >= 0.3 is 0 Å². The lowest BCUT2D eigenvalue weighted by atomic mass is 9.84. The smallest absolute Gasteiger partial charge is 0.0964 e. The van der Waals surface area contributed by atoms with E-state index in [1.54, 1.807) is 4.68 Å². The van der Waals surface area contributed by atoms with Crippen LogP contribution in [0.2, 0.25) is 0 Å². The number of rotatable bonds is 7. The Balaban J connectivity index is 1.85. The first kappa shape index (κ1) is 14.7. The molecule has 2 rings (SSSR count). The molecule has 0 fully saturated rings. The van der Waals surface area contributed by atoms with Gasteiger partial charge in [0.1, 0.15) is 0 Å².